The highest BCUT2D eigenvalue weighted by Gasteiger charge is 2.16. The summed E-state index contributed by atoms with van der Waals surface area (Å²) >= 11 is 0. The molecule has 0 radical (unpaired) electrons. The van der Waals surface area contributed by atoms with E-state index in [1.165, 1.54) is 0 Å². The summed E-state index contributed by atoms with van der Waals surface area (Å²) < 4.78 is 29.5. The Hall–Kier alpha value is -3.42. The van der Waals surface area contributed by atoms with Crippen LogP contribution in [0.25, 0.3) is 11.3 Å². The van der Waals surface area contributed by atoms with Crippen molar-refractivity contribution in [2.45, 2.75) is 17.7 Å². The van der Waals surface area contributed by atoms with E-state index in [2.05, 4.69) is 10.2 Å². The van der Waals surface area contributed by atoms with Gasteiger partial charge in [-0.2, -0.15) is 5.10 Å². The molecule has 158 valence electrons. The van der Waals surface area contributed by atoms with E-state index in [1.54, 1.807) is 25.4 Å². The van der Waals surface area contributed by atoms with Gasteiger partial charge in [-0.1, -0.05) is 54.6 Å². The lowest BCUT2D eigenvalue weighted by Crippen LogP contribution is -2.15. The number of hydrogen-bond acceptors (Lipinski definition) is 4. The van der Waals surface area contributed by atoms with Gasteiger partial charge in [0.05, 0.1) is 23.9 Å². The standard InChI is InChI=1S/C24H23N3O3S/c1-30-22-10-7-17(8-11-22)13-20-14-18(9-12-23(20)31(25,28)29)15-21-16-26-27-24(21)19-5-3-2-4-6-19/h2-12,14,16H,13,15H2,1H3,(H,26,27)(H2,25,28,29). The second-order valence-electron chi connectivity index (χ2n) is 7.32. The molecule has 0 atom stereocenters. The summed E-state index contributed by atoms with van der Waals surface area (Å²) in [7, 11) is -2.23. The molecule has 0 fully saturated rings. The number of nitrogens with two attached hydrogens (primary N) is 1. The van der Waals surface area contributed by atoms with E-state index in [0.717, 1.165) is 33.7 Å². The van der Waals surface area contributed by atoms with E-state index in [0.29, 0.717) is 18.4 Å². The van der Waals surface area contributed by atoms with Crippen LogP contribution in [0.2, 0.25) is 0 Å². The number of nitrogens with zero attached hydrogens (tertiary/aromatic N) is 1. The van der Waals surface area contributed by atoms with Crippen molar-refractivity contribution in [2.24, 2.45) is 5.14 Å². The number of ether oxygens (including phenoxy) is 1. The molecule has 0 amide bonds. The van der Waals surface area contributed by atoms with Crippen LogP contribution in [0.3, 0.4) is 0 Å². The van der Waals surface area contributed by atoms with Gasteiger partial charge in [-0.3, -0.25) is 5.10 Å². The number of aromatic amines is 1. The molecule has 7 heteroatoms. The molecular formula is C24H23N3O3S. The Kier molecular flexibility index (Phi) is 5.88. The zero-order valence-corrected chi connectivity index (χ0v) is 17.9. The number of methoxy groups -OCH3 is 1. The van der Waals surface area contributed by atoms with Gasteiger partial charge in [0.1, 0.15) is 5.75 Å². The van der Waals surface area contributed by atoms with Crippen molar-refractivity contribution in [3.05, 3.63) is 101 Å². The van der Waals surface area contributed by atoms with Crippen LogP contribution in [0, 0.1) is 0 Å². The van der Waals surface area contributed by atoms with Crippen LogP contribution in [0.15, 0.2) is 83.9 Å². The second kappa shape index (κ2) is 8.75. The fourth-order valence-electron chi connectivity index (χ4n) is 3.64. The zero-order valence-electron chi connectivity index (χ0n) is 17.1. The summed E-state index contributed by atoms with van der Waals surface area (Å²) in [6.45, 7) is 0. The average molecular weight is 434 g/mol. The molecule has 0 aliphatic heterocycles. The molecule has 4 rings (SSSR count). The SMILES string of the molecule is COc1ccc(Cc2cc(Cc3cn[nH]c3-c3ccccc3)ccc2S(N)(=O)=O)cc1. The maximum atomic E-state index is 12.2. The van der Waals surface area contributed by atoms with Crippen molar-refractivity contribution in [3.8, 4) is 17.0 Å². The monoisotopic (exact) mass is 433 g/mol. The number of sulfonamides is 1. The lowest BCUT2D eigenvalue weighted by molar-refractivity contribution is 0.414. The maximum Gasteiger partial charge on any atom is 0.238 e. The number of benzene rings is 3. The Balaban J connectivity index is 1.67. The van der Waals surface area contributed by atoms with Crippen molar-refractivity contribution in [2.75, 3.05) is 7.11 Å². The molecular weight excluding hydrogens is 410 g/mol. The lowest BCUT2D eigenvalue weighted by Gasteiger charge is -2.12. The molecule has 4 aromatic rings. The van der Waals surface area contributed by atoms with Crippen LogP contribution < -0.4 is 9.88 Å². The highest BCUT2D eigenvalue weighted by Crippen LogP contribution is 2.26. The van der Waals surface area contributed by atoms with Crippen molar-refractivity contribution in [3.63, 3.8) is 0 Å². The fourth-order valence-corrected chi connectivity index (χ4v) is 4.40. The number of rotatable bonds is 7. The third-order valence-electron chi connectivity index (χ3n) is 5.16. The van der Waals surface area contributed by atoms with E-state index >= 15 is 0 Å². The first-order valence-corrected chi connectivity index (χ1v) is 11.3. The highest BCUT2D eigenvalue weighted by molar-refractivity contribution is 7.89. The summed E-state index contributed by atoms with van der Waals surface area (Å²) in [5, 5.41) is 12.8. The molecule has 0 aliphatic carbocycles. The number of primary sulfonamides is 1. The van der Waals surface area contributed by atoms with E-state index in [4.69, 9.17) is 9.88 Å². The van der Waals surface area contributed by atoms with Crippen molar-refractivity contribution in [1.29, 1.82) is 0 Å². The Morgan fingerprint density at radius 1 is 0.903 bits per heavy atom. The summed E-state index contributed by atoms with van der Waals surface area (Å²) in [4.78, 5) is 0.141. The summed E-state index contributed by atoms with van der Waals surface area (Å²) in [5.41, 5.74) is 5.65. The van der Waals surface area contributed by atoms with Gasteiger partial charge < -0.3 is 4.74 Å². The van der Waals surface area contributed by atoms with E-state index in [1.807, 2.05) is 60.7 Å². The molecule has 0 spiro atoms. The smallest absolute Gasteiger partial charge is 0.238 e. The first-order chi connectivity index (χ1) is 14.9. The van der Waals surface area contributed by atoms with Crippen molar-refractivity contribution in [1.82, 2.24) is 10.2 Å². The Bertz CT molecular complexity index is 1280. The summed E-state index contributed by atoms with van der Waals surface area (Å²) in [6.07, 6.45) is 2.86. The van der Waals surface area contributed by atoms with E-state index in [9.17, 15) is 8.42 Å². The first-order valence-electron chi connectivity index (χ1n) is 9.79. The summed E-state index contributed by atoms with van der Waals surface area (Å²) in [6, 6.07) is 22.8. The van der Waals surface area contributed by atoms with Crippen molar-refractivity contribution < 1.29 is 13.2 Å². The van der Waals surface area contributed by atoms with Crippen LogP contribution in [-0.2, 0) is 22.9 Å². The maximum absolute atomic E-state index is 12.2. The molecule has 3 N–H and O–H groups in total. The van der Waals surface area contributed by atoms with Crippen LogP contribution in [0.5, 0.6) is 5.75 Å². The number of nitrogens with one attached hydrogen (secondary N) is 1. The predicted molar refractivity (Wildman–Crippen MR) is 120 cm³/mol. The fraction of sp³-hybridized carbons (Fsp3) is 0.125. The largest absolute Gasteiger partial charge is 0.497 e. The predicted octanol–water partition coefficient (Wildman–Crippen LogP) is 3.91. The normalized spacial score (nSPS) is 11.4. The highest BCUT2D eigenvalue weighted by atomic mass is 32.2. The molecule has 3 aromatic carbocycles. The van der Waals surface area contributed by atoms with Gasteiger partial charge in [-0.15, -0.1) is 0 Å². The van der Waals surface area contributed by atoms with Gasteiger partial charge in [0.15, 0.2) is 0 Å². The van der Waals surface area contributed by atoms with Crippen LogP contribution in [0.1, 0.15) is 22.3 Å². The quantitative estimate of drug-likeness (QED) is 0.462. The first kappa shape index (κ1) is 20.8. The van der Waals surface area contributed by atoms with Gasteiger partial charge >= 0.3 is 0 Å². The van der Waals surface area contributed by atoms with Crippen molar-refractivity contribution >= 4 is 10.0 Å². The molecule has 0 aliphatic rings. The zero-order chi connectivity index (χ0) is 21.8. The topological polar surface area (TPSA) is 98.1 Å². The second-order valence-corrected chi connectivity index (χ2v) is 8.85. The Labute approximate surface area is 181 Å². The van der Waals surface area contributed by atoms with Gasteiger partial charge in [-0.05, 0) is 46.9 Å². The van der Waals surface area contributed by atoms with Gasteiger partial charge in [0, 0.05) is 12.0 Å². The van der Waals surface area contributed by atoms with Crippen LogP contribution in [0.4, 0.5) is 0 Å². The Morgan fingerprint density at radius 3 is 2.26 bits per heavy atom. The molecule has 0 saturated carbocycles. The molecule has 6 nitrogen and oxygen atoms in total. The minimum absolute atomic E-state index is 0.141. The average Bonchev–Trinajstić information content (AvgIpc) is 3.22. The van der Waals surface area contributed by atoms with Crippen LogP contribution >= 0.6 is 0 Å². The lowest BCUT2D eigenvalue weighted by atomic mass is 9.98. The number of hydrogen-bond donors (Lipinski definition) is 2. The molecule has 0 bridgehead atoms. The van der Waals surface area contributed by atoms with Gasteiger partial charge in [-0.25, -0.2) is 13.6 Å². The van der Waals surface area contributed by atoms with E-state index in [-0.39, 0.29) is 4.90 Å². The third-order valence-corrected chi connectivity index (χ3v) is 6.17. The van der Waals surface area contributed by atoms with Gasteiger partial charge in [0.2, 0.25) is 10.0 Å². The van der Waals surface area contributed by atoms with Crippen LogP contribution in [-0.4, -0.2) is 25.7 Å². The molecule has 1 aromatic heterocycles. The third kappa shape index (κ3) is 4.84. The minimum Gasteiger partial charge on any atom is -0.497 e. The molecule has 0 unspecified atom stereocenters. The number of aromatic nitrogens is 2. The minimum atomic E-state index is -3.84. The Morgan fingerprint density at radius 2 is 1.58 bits per heavy atom. The molecule has 1 heterocycles. The molecule has 0 saturated heterocycles. The number of H-pyrrole nitrogens is 1. The summed E-state index contributed by atoms with van der Waals surface area (Å²) in [5.74, 6) is 0.748. The van der Waals surface area contributed by atoms with E-state index < -0.39 is 10.0 Å². The molecule has 31 heavy (non-hydrogen) atoms. The van der Waals surface area contributed by atoms with Gasteiger partial charge in [0.25, 0.3) is 0 Å².